The van der Waals surface area contributed by atoms with Crippen LogP contribution < -0.4 is 5.32 Å². The van der Waals surface area contributed by atoms with Crippen LogP contribution in [-0.4, -0.2) is 10.5 Å². The Morgan fingerprint density at radius 2 is 1.50 bits per heavy atom. The van der Waals surface area contributed by atoms with Crippen LogP contribution in [0.4, 0.5) is 13.2 Å². The lowest BCUT2D eigenvalue weighted by Crippen LogP contribution is -2.23. The molecule has 38 heavy (non-hydrogen) atoms. The Balaban J connectivity index is 1.34. The summed E-state index contributed by atoms with van der Waals surface area (Å²) in [6.45, 7) is 4.82. The second-order valence-corrected chi connectivity index (χ2v) is 9.47. The van der Waals surface area contributed by atoms with Crippen molar-refractivity contribution >= 4 is 16.8 Å². The molecular weight excluding hydrogens is 485 g/mol. The fourth-order valence-electron chi connectivity index (χ4n) is 4.75. The van der Waals surface area contributed by atoms with E-state index in [4.69, 9.17) is 0 Å². The Morgan fingerprint density at radius 3 is 2.21 bits per heavy atom. The molecule has 5 rings (SSSR count). The molecule has 0 saturated heterocycles. The monoisotopic (exact) mass is 512 g/mol. The van der Waals surface area contributed by atoms with E-state index in [9.17, 15) is 18.0 Å². The standard InChI is InChI=1S/C32H27F3N2O/c1-21-22(2)37(20-23-11-13-26(14-12-23)25-8-4-3-5-9-25)30-16-15-27(18-29(21)30)31(38)36-19-24-7-6-10-28(17-24)32(33,34)35/h3-18H,19-20H2,1-2H3,(H,36,38). The van der Waals surface area contributed by atoms with E-state index in [-0.39, 0.29) is 12.5 Å². The van der Waals surface area contributed by atoms with Crippen molar-refractivity contribution in [3.63, 3.8) is 0 Å². The minimum absolute atomic E-state index is 0.0127. The smallest absolute Gasteiger partial charge is 0.348 e. The van der Waals surface area contributed by atoms with Gasteiger partial charge in [-0.15, -0.1) is 0 Å². The molecule has 3 nitrogen and oxygen atoms in total. The Bertz CT molecular complexity index is 1600. The number of halogens is 3. The van der Waals surface area contributed by atoms with Crippen LogP contribution in [-0.2, 0) is 19.3 Å². The maximum Gasteiger partial charge on any atom is 0.416 e. The molecule has 0 aliphatic carbocycles. The van der Waals surface area contributed by atoms with Gasteiger partial charge in [-0.2, -0.15) is 13.2 Å². The molecule has 0 aliphatic rings. The number of rotatable bonds is 6. The second-order valence-electron chi connectivity index (χ2n) is 9.47. The highest BCUT2D eigenvalue weighted by atomic mass is 19.4. The summed E-state index contributed by atoms with van der Waals surface area (Å²) in [6.07, 6.45) is -4.42. The average molecular weight is 513 g/mol. The number of carbonyl (C=O) groups excluding carboxylic acids is 1. The number of benzene rings is 4. The first-order chi connectivity index (χ1) is 18.2. The number of nitrogens with one attached hydrogen (secondary N) is 1. The van der Waals surface area contributed by atoms with Crippen molar-refractivity contribution in [1.29, 1.82) is 0 Å². The summed E-state index contributed by atoms with van der Waals surface area (Å²) in [4.78, 5) is 12.8. The first kappa shape index (κ1) is 25.3. The maximum absolute atomic E-state index is 13.0. The Labute approximate surface area is 219 Å². The van der Waals surface area contributed by atoms with Crippen LogP contribution in [0.5, 0.6) is 0 Å². The maximum atomic E-state index is 13.0. The molecule has 1 heterocycles. The first-order valence-corrected chi connectivity index (χ1v) is 12.4. The largest absolute Gasteiger partial charge is 0.416 e. The lowest BCUT2D eigenvalue weighted by atomic mass is 10.0. The van der Waals surface area contributed by atoms with Crippen LogP contribution in [0.1, 0.15) is 38.3 Å². The van der Waals surface area contributed by atoms with Crippen molar-refractivity contribution < 1.29 is 18.0 Å². The minimum atomic E-state index is -4.42. The molecule has 5 aromatic rings. The van der Waals surface area contributed by atoms with E-state index in [0.717, 1.165) is 34.3 Å². The number of fused-ring (bicyclic) bond motifs is 1. The lowest BCUT2D eigenvalue weighted by Gasteiger charge is -2.11. The summed E-state index contributed by atoms with van der Waals surface area (Å²) in [6, 6.07) is 29.3. The van der Waals surface area contributed by atoms with Crippen molar-refractivity contribution in [2.24, 2.45) is 0 Å². The zero-order valence-corrected chi connectivity index (χ0v) is 21.1. The minimum Gasteiger partial charge on any atom is -0.348 e. The quantitative estimate of drug-likeness (QED) is 0.246. The Kier molecular flexibility index (Phi) is 6.81. The molecule has 1 N–H and O–H groups in total. The van der Waals surface area contributed by atoms with Crippen molar-refractivity contribution in [3.8, 4) is 11.1 Å². The third kappa shape index (κ3) is 5.21. The number of hydrogen-bond acceptors (Lipinski definition) is 1. The molecule has 0 fully saturated rings. The lowest BCUT2D eigenvalue weighted by molar-refractivity contribution is -0.137. The third-order valence-electron chi connectivity index (χ3n) is 7.01. The van der Waals surface area contributed by atoms with Gasteiger partial charge in [-0.3, -0.25) is 4.79 Å². The molecule has 0 spiro atoms. The molecule has 1 amide bonds. The summed E-state index contributed by atoms with van der Waals surface area (Å²) < 4.78 is 41.2. The summed E-state index contributed by atoms with van der Waals surface area (Å²) in [5.74, 6) is -0.328. The molecule has 0 atom stereocenters. The van der Waals surface area contributed by atoms with Gasteiger partial charge in [-0.1, -0.05) is 66.7 Å². The van der Waals surface area contributed by atoms with Crippen LogP contribution >= 0.6 is 0 Å². The van der Waals surface area contributed by atoms with E-state index in [1.165, 1.54) is 22.8 Å². The normalized spacial score (nSPS) is 11.6. The van der Waals surface area contributed by atoms with Gasteiger partial charge >= 0.3 is 6.18 Å². The van der Waals surface area contributed by atoms with Gasteiger partial charge in [0.25, 0.3) is 5.91 Å². The molecule has 0 radical (unpaired) electrons. The number of aryl methyl sites for hydroxylation is 1. The second kappa shape index (κ2) is 10.2. The van der Waals surface area contributed by atoms with Gasteiger partial charge in [-0.05, 0) is 72.0 Å². The molecular formula is C32H27F3N2O. The van der Waals surface area contributed by atoms with Crippen LogP contribution in [0.15, 0.2) is 97.1 Å². The van der Waals surface area contributed by atoms with Gasteiger partial charge in [-0.25, -0.2) is 0 Å². The van der Waals surface area contributed by atoms with Crippen molar-refractivity contribution in [3.05, 3.63) is 131 Å². The van der Waals surface area contributed by atoms with Crippen LogP contribution in [0, 0.1) is 13.8 Å². The molecule has 4 aromatic carbocycles. The van der Waals surface area contributed by atoms with Gasteiger partial charge in [0.2, 0.25) is 0 Å². The molecule has 192 valence electrons. The van der Waals surface area contributed by atoms with Gasteiger partial charge in [0.1, 0.15) is 0 Å². The summed E-state index contributed by atoms with van der Waals surface area (Å²) >= 11 is 0. The van der Waals surface area contributed by atoms with Gasteiger partial charge in [0.15, 0.2) is 0 Å². The molecule has 0 saturated carbocycles. The van der Waals surface area contributed by atoms with Gasteiger partial charge in [0.05, 0.1) is 5.56 Å². The van der Waals surface area contributed by atoms with Gasteiger partial charge < -0.3 is 9.88 Å². The zero-order valence-electron chi connectivity index (χ0n) is 21.1. The average Bonchev–Trinajstić information content (AvgIpc) is 3.16. The van der Waals surface area contributed by atoms with Crippen LogP contribution in [0.25, 0.3) is 22.0 Å². The molecule has 1 aromatic heterocycles. The number of nitrogens with zero attached hydrogens (tertiary/aromatic N) is 1. The van der Waals surface area contributed by atoms with E-state index >= 15 is 0 Å². The topological polar surface area (TPSA) is 34.0 Å². The number of amides is 1. The van der Waals surface area contributed by atoms with Crippen molar-refractivity contribution in [1.82, 2.24) is 9.88 Å². The first-order valence-electron chi connectivity index (χ1n) is 12.4. The van der Waals surface area contributed by atoms with E-state index in [0.29, 0.717) is 17.7 Å². The zero-order chi connectivity index (χ0) is 26.9. The molecule has 6 heteroatoms. The highest BCUT2D eigenvalue weighted by molar-refractivity contribution is 5.99. The highest BCUT2D eigenvalue weighted by Gasteiger charge is 2.30. The van der Waals surface area contributed by atoms with E-state index in [2.05, 4.69) is 53.2 Å². The fourth-order valence-corrected chi connectivity index (χ4v) is 4.75. The summed E-state index contributed by atoms with van der Waals surface area (Å²) in [5, 5.41) is 3.73. The highest BCUT2D eigenvalue weighted by Crippen LogP contribution is 2.30. The van der Waals surface area contributed by atoms with E-state index in [1.54, 1.807) is 12.1 Å². The molecule has 0 unspecified atom stereocenters. The van der Waals surface area contributed by atoms with Crippen LogP contribution in [0.3, 0.4) is 0 Å². The number of alkyl halides is 3. The number of aromatic nitrogens is 1. The van der Waals surface area contributed by atoms with Crippen LogP contribution in [0.2, 0.25) is 0 Å². The predicted molar refractivity (Wildman–Crippen MR) is 145 cm³/mol. The third-order valence-corrected chi connectivity index (χ3v) is 7.01. The summed E-state index contributed by atoms with van der Waals surface area (Å²) in [7, 11) is 0. The summed E-state index contributed by atoms with van der Waals surface area (Å²) in [5.41, 5.74) is 6.89. The van der Waals surface area contributed by atoms with Gasteiger partial charge in [0, 0.05) is 35.2 Å². The predicted octanol–water partition coefficient (Wildman–Crippen LogP) is 7.92. The van der Waals surface area contributed by atoms with Crippen molar-refractivity contribution in [2.45, 2.75) is 33.1 Å². The van der Waals surface area contributed by atoms with Crippen molar-refractivity contribution in [2.75, 3.05) is 0 Å². The Hall–Kier alpha value is -4.32. The van der Waals surface area contributed by atoms with E-state index in [1.807, 2.05) is 37.3 Å². The Morgan fingerprint density at radius 1 is 0.789 bits per heavy atom. The number of carbonyl (C=O) groups is 1. The molecule has 0 aliphatic heterocycles. The SMILES string of the molecule is Cc1c(C)n(Cc2ccc(-c3ccccc3)cc2)c2ccc(C(=O)NCc3cccc(C(F)(F)F)c3)cc12. The number of hydrogen-bond donors (Lipinski definition) is 1. The van der Waals surface area contributed by atoms with E-state index < -0.39 is 11.7 Å². The molecule has 0 bridgehead atoms. The fraction of sp³-hybridized carbons (Fsp3) is 0.156.